The summed E-state index contributed by atoms with van der Waals surface area (Å²) in [5.41, 5.74) is 1.36. The molecule has 1 rings (SSSR count). The van der Waals surface area contributed by atoms with Crippen molar-refractivity contribution in [2.45, 2.75) is 19.8 Å². The topological polar surface area (TPSA) is 58.2 Å². The molecule has 0 bridgehead atoms. The van der Waals surface area contributed by atoms with Gasteiger partial charge in [0.25, 0.3) is 5.91 Å². The van der Waals surface area contributed by atoms with Gasteiger partial charge >= 0.3 is 0 Å². The molecule has 1 aromatic heterocycles. The lowest BCUT2D eigenvalue weighted by Crippen LogP contribution is -2.25. The van der Waals surface area contributed by atoms with Crippen molar-refractivity contribution in [1.29, 1.82) is 0 Å². The Kier molecular flexibility index (Phi) is 3.64. The molecule has 0 saturated carbocycles. The number of aromatic amines is 1. The number of hydrogen-bond acceptors (Lipinski definition) is 3. The van der Waals surface area contributed by atoms with E-state index in [0.717, 1.165) is 23.6 Å². The number of H-pyrrole nitrogens is 1. The van der Waals surface area contributed by atoms with E-state index in [1.54, 1.807) is 13.1 Å². The Morgan fingerprint density at radius 3 is 3.00 bits per heavy atom. The molecule has 0 saturated heterocycles. The number of rotatable bonds is 4. The molecule has 14 heavy (non-hydrogen) atoms. The highest BCUT2D eigenvalue weighted by molar-refractivity contribution is 5.91. The monoisotopic (exact) mass is 197 g/mol. The number of hydrogen-bond donors (Lipinski definition) is 1. The van der Waals surface area contributed by atoms with E-state index in [9.17, 15) is 4.79 Å². The molecule has 78 valence electrons. The van der Waals surface area contributed by atoms with Gasteiger partial charge in [0.1, 0.15) is 0 Å². The van der Waals surface area contributed by atoms with Crippen molar-refractivity contribution in [2.24, 2.45) is 0 Å². The highest BCUT2D eigenvalue weighted by Crippen LogP contribution is 2.04. The number of aryl methyl sites for hydroxylation is 1. The van der Waals surface area contributed by atoms with Crippen LogP contribution in [0, 0.1) is 0 Å². The van der Waals surface area contributed by atoms with Crippen LogP contribution in [0.1, 0.15) is 29.5 Å². The molecule has 0 radical (unpaired) electrons. The van der Waals surface area contributed by atoms with Crippen LogP contribution in [-0.4, -0.2) is 35.3 Å². The standard InChI is InChI=1S/C9H15N3O2/c1-4-5-7-6-8(11-10-7)9(13)12(2)14-3/h6H,4-5H2,1-3H3,(H,10,11). The van der Waals surface area contributed by atoms with Gasteiger partial charge in [-0.3, -0.25) is 14.7 Å². The van der Waals surface area contributed by atoms with Crippen LogP contribution < -0.4 is 0 Å². The molecule has 1 amide bonds. The maximum atomic E-state index is 11.5. The normalized spacial score (nSPS) is 10.2. The summed E-state index contributed by atoms with van der Waals surface area (Å²) < 4.78 is 0. The molecule has 1 N–H and O–H groups in total. The quantitative estimate of drug-likeness (QED) is 0.732. The van der Waals surface area contributed by atoms with E-state index in [1.807, 2.05) is 0 Å². The lowest BCUT2D eigenvalue weighted by molar-refractivity contribution is -0.0760. The summed E-state index contributed by atoms with van der Waals surface area (Å²) in [4.78, 5) is 16.3. The number of carbonyl (C=O) groups excluding carboxylic acids is 1. The van der Waals surface area contributed by atoms with Crippen LogP contribution in [0.5, 0.6) is 0 Å². The smallest absolute Gasteiger partial charge is 0.282 e. The second-order valence-electron chi connectivity index (χ2n) is 3.01. The van der Waals surface area contributed by atoms with Crippen LogP contribution in [0.15, 0.2) is 6.07 Å². The van der Waals surface area contributed by atoms with Crippen LogP contribution in [0.4, 0.5) is 0 Å². The molecule has 0 aromatic carbocycles. The van der Waals surface area contributed by atoms with E-state index in [1.165, 1.54) is 7.11 Å². The SMILES string of the molecule is CCCc1cc(C(=O)N(C)OC)n[nH]1. The second-order valence-corrected chi connectivity index (χ2v) is 3.01. The van der Waals surface area contributed by atoms with Gasteiger partial charge in [0.15, 0.2) is 5.69 Å². The summed E-state index contributed by atoms with van der Waals surface area (Å²) in [6.45, 7) is 2.07. The molecule has 5 heteroatoms. The van der Waals surface area contributed by atoms with Gasteiger partial charge in [0.2, 0.25) is 0 Å². The minimum absolute atomic E-state index is 0.244. The minimum Gasteiger partial charge on any atom is -0.282 e. The maximum absolute atomic E-state index is 11.5. The summed E-state index contributed by atoms with van der Waals surface area (Å²) in [7, 11) is 2.99. The highest BCUT2D eigenvalue weighted by Gasteiger charge is 2.14. The van der Waals surface area contributed by atoms with E-state index < -0.39 is 0 Å². The Hall–Kier alpha value is -1.36. The second kappa shape index (κ2) is 4.76. The summed E-state index contributed by atoms with van der Waals surface area (Å²) in [6, 6.07) is 1.75. The van der Waals surface area contributed by atoms with Crippen molar-refractivity contribution >= 4 is 5.91 Å². The fraction of sp³-hybridized carbons (Fsp3) is 0.556. The molecule has 0 spiro atoms. The van der Waals surface area contributed by atoms with Crippen molar-refractivity contribution in [1.82, 2.24) is 15.3 Å². The van der Waals surface area contributed by atoms with Crippen LogP contribution >= 0.6 is 0 Å². The lowest BCUT2D eigenvalue weighted by atomic mass is 10.2. The summed E-state index contributed by atoms with van der Waals surface area (Å²) >= 11 is 0. The molecular weight excluding hydrogens is 182 g/mol. The molecule has 0 atom stereocenters. The Bertz CT molecular complexity index is 309. The molecule has 5 nitrogen and oxygen atoms in total. The number of carbonyl (C=O) groups is 1. The van der Waals surface area contributed by atoms with Crippen LogP contribution in [0.25, 0.3) is 0 Å². The van der Waals surface area contributed by atoms with Crippen LogP contribution in [0.2, 0.25) is 0 Å². The van der Waals surface area contributed by atoms with E-state index in [-0.39, 0.29) is 5.91 Å². The van der Waals surface area contributed by atoms with Crippen molar-refractivity contribution in [3.8, 4) is 0 Å². The number of aromatic nitrogens is 2. The van der Waals surface area contributed by atoms with Gasteiger partial charge in [-0.2, -0.15) is 5.10 Å². The fourth-order valence-corrected chi connectivity index (χ4v) is 1.11. The average molecular weight is 197 g/mol. The van der Waals surface area contributed by atoms with Crippen molar-refractivity contribution in [3.63, 3.8) is 0 Å². The molecule has 0 aliphatic rings. The third-order valence-corrected chi connectivity index (χ3v) is 1.93. The van der Waals surface area contributed by atoms with Gasteiger partial charge in [-0.15, -0.1) is 0 Å². The molecule has 0 aliphatic carbocycles. The van der Waals surface area contributed by atoms with Crippen molar-refractivity contribution in [2.75, 3.05) is 14.2 Å². The van der Waals surface area contributed by atoms with E-state index in [4.69, 9.17) is 4.84 Å². The number of amides is 1. The first kappa shape index (κ1) is 10.7. The Balaban J connectivity index is 2.71. The first-order valence-corrected chi connectivity index (χ1v) is 4.55. The predicted molar refractivity (Wildman–Crippen MR) is 51.7 cm³/mol. The molecule has 0 unspecified atom stereocenters. The number of hydroxylamine groups is 2. The minimum atomic E-state index is -0.244. The Morgan fingerprint density at radius 1 is 1.71 bits per heavy atom. The third-order valence-electron chi connectivity index (χ3n) is 1.93. The maximum Gasteiger partial charge on any atom is 0.297 e. The third kappa shape index (κ3) is 2.32. The first-order valence-electron chi connectivity index (χ1n) is 4.55. The van der Waals surface area contributed by atoms with E-state index in [0.29, 0.717) is 5.69 Å². The Morgan fingerprint density at radius 2 is 2.43 bits per heavy atom. The molecular formula is C9H15N3O2. The van der Waals surface area contributed by atoms with Gasteiger partial charge < -0.3 is 0 Å². The Labute approximate surface area is 83.0 Å². The summed E-state index contributed by atoms with van der Waals surface area (Å²) in [5, 5.41) is 7.87. The predicted octanol–water partition coefficient (Wildman–Crippen LogP) is 0.996. The van der Waals surface area contributed by atoms with Crippen LogP contribution in [-0.2, 0) is 11.3 Å². The lowest BCUT2D eigenvalue weighted by Gasteiger charge is -2.10. The molecule has 0 aliphatic heterocycles. The number of nitrogens with zero attached hydrogens (tertiary/aromatic N) is 2. The van der Waals surface area contributed by atoms with E-state index >= 15 is 0 Å². The summed E-state index contributed by atoms with van der Waals surface area (Å²) in [6.07, 6.45) is 1.92. The molecule has 1 heterocycles. The van der Waals surface area contributed by atoms with E-state index in [2.05, 4.69) is 17.1 Å². The first-order chi connectivity index (χ1) is 6.69. The van der Waals surface area contributed by atoms with Crippen molar-refractivity contribution < 1.29 is 9.63 Å². The number of nitrogens with one attached hydrogen (secondary N) is 1. The molecule has 1 aromatic rings. The largest absolute Gasteiger partial charge is 0.297 e. The zero-order chi connectivity index (χ0) is 10.6. The van der Waals surface area contributed by atoms with Gasteiger partial charge in [-0.1, -0.05) is 13.3 Å². The van der Waals surface area contributed by atoms with Crippen LogP contribution in [0.3, 0.4) is 0 Å². The van der Waals surface area contributed by atoms with Gasteiger partial charge in [0.05, 0.1) is 7.11 Å². The van der Waals surface area contributed by atoms with Crippen molar-refractivity contribution in [3.05, 3.63) is 17.5 Å². The highest BCUT2D eigenvalue weighted by atomic mass is 16.7. The fourth-order valence-electron chi connectivity index (χ4n) is 1.11. The zero-order valence-corrected chi connectivity index (χ0v) is 8.70. The van der Waals surface area contributed by atoms with Gasteiger partial charge in [0, 0.05) is 12.7 Å². The molecule has 0 fully saturated rings. The van der Waals surface area contributed by atoms with Gasteiger partial charge in [-0.05, 0) is 12.5 Å². The zero-order valence-electron chi connectivity index (χ0n) is 8.70. The average Bonchev–Trinajstić information content (AvgIpc) is 2.64. The van der Waals surface area contributed by atoms with Gasteiger partial charge in [-0.25, -0.2) is 5.06 Å². The summed E-state index contributed by atoms with van der Waals surface area (Å²) in [5.74, 6) is -0.244.